The molecule has 0 bridgehead atoms. The predicted octanol–water partition coefficient (Wildman–Crippen LogP) is 1.34. The first-order valence-corrected chi connectivity index (χ1v) is 7.13. The summed E-state index contributed by atoms with van der Waals surface area (Å²) in [6, 6.07) is -0.0554. The number of nitrogens with one attached hydrogen (secondary N) is 1. The molecule has 98 valence electrons. The number of nitrogens with zero attached hydrogens (tertiary/aromatic N) is 4. The topological polar surface area (TPSA) is 81.7 Å². The molecule has 0 radical (unpaired) electrons. The smallest absolute Gasteiger partial charge is 0.0929 e. The van der Waals surface area contributed by atoms with Gasteiger partial charge >= 0.3 is 0 Å². The Hall–Kier alpha value is -0.830. The molecule has 2 rings (SSSR count). The van der Waals surface area contributed by atoms with Crippen LogP contribution in [0.2, 0.25) is 0 Å². The number of hydrogen-bond donors (Lipinski definition) is 2. The second-order valence-corrected chi connectivity index (χ2v) is 5.29. The maximum Gasteiger partial charge on any atom is 0.0929 e. The molecule has 8 heteroatoms. The quantitative estimate of drug-likeness (QED) is 0.638. The van der Waals surface area contributed by atoms with Gasteiger partial charge in [0, 0.05) is 13.5 Å². The van der Waals surface area contributed by atoms with E-state index in [9.17, 15) is 0 Å². The van der Waals surface area contributed by atoms with Gasteiger partial charge in [-0.25, -0.2) is 0 Å². The first-order chi connectivity index (χ1) is 8.67. The summed E-state index contributed by atoms with van der Waals surface area (Å²) in [5.41, 5.74) is 5.79. The number of rotatable bonds is 5. The van der Waals surface area contributed by atoms with Gasteiger partial charge in [0.05, 0.1) is 45.5 Å². The van der Waals surface area contributed by atoms with E-state index in [1.807, 2.05) is 11.7 Å². The zero-order chi connectivity index (χ0) is 13.1. The number of hydrogen-bond acceptors (Lipinski definition) is 6. The molecule has 6 nitrogen and oxygen atoms in total. The largest absolute Gasteiger partial charge is 0.271 e. The van der Waals surface area contributed by atoms with Crippen molar-refractivity contribution >= 4 is 27.7 Å². The normalized spacial score (nSPS) is 12.9. The molecule has 2 aromatic rings. The van der Waals surface area contributed by atoms with E-state index in [0.29, 0.717) is 6.42 Å². The molecule has 2 heterocycles. The summed E-state index contributed by atoms with van der Waals surface area (Å²) >= 11 is 4.78. The molecule has 1 atom stereocenters. The fourth-order valence-corrected chi connectivity index (χ4v) is 3.06. The van der Waals surface area contributed by atoms with Gasteiger partial charge in [0.25, 0.3) is 0 Å². The van der Waals surface area contributed by atoms with Crippen LogP contribution in [0.4, 0.5) is 0 Å². The van der Waals surface area contributed by atoms with Crippen LogP contribution in [0.5, 0.6) is 0 Å². The molecule has 0 spiro atoms. The Bertz CT molecular complexity index is 509. The zero-order valence-corrected chi connectivity index (χ0v) is 12.6. The highest BCUT2D eigenvalue weighted by molar-refractivity contribution is 9.10. The molecule has 0 aliphatic carbocycles. The van der Waals surface area contributed by atoms with Crippen LogP contribution in [-0.4, -0.2) is 18.5 Å². The SMILES string of the molecule is CCc1nn(C)c(CC(NN)c2cnsn2)c1Br. The number of aryl methyl sites for hydroxylation is 2. The van der Waals surface area contributed by atoms with Crippen molar-refractivity contribution in [2.24, 2.45) is 12.9 Å². The molecule has 0 saturated heterocycles. The Morgan fingerprint density at radius 1 is 1.61 bits per heavy atom. The van der Waals surface area contributed by atoms with Crippen molar-refractivity contribution < 1.29 is 0 Å². The maximum atomic E-state index is 5.59. The maximum absolute atomic E-state index is 5.59. The third kappa shape index (κ3) is 2.61. The minimum Gasteiger partial charge on any atom is -0.271 e. The van der Waals surface area contributed by atoms with Gasteiger partial charge < -0.3 is 0 Å². The number of halogens is 1. The number of aromatic nitrogens is 4. The summed E-state index contributed by atoms with van der Waals surface area (Å²) in [5.74, 6) is 5.59. The van der Waals surface area contributed by atoms with Crippen molar-refractivity contribution in [3.05, 3.63) is 27.8 Å². The van der Waals surface area contributed by atoms with Gasteiger partial charge in [-0.2, -0.15) is 13.8 Å². The van der Waals surface area contributed by atoms with Gasteiger partial charge in [-0.05, 0) is 22.4 Å². The van der Waals surface area contributed by atoms with Crippen LogP contribution < -0.4 is 11.3 Å². The summed E-state index contributed by atoms with van der Waals surface area (Å²) in [6.07, 6.45) is 3.35. The van der Waals surface area contributed by atoms with Gasteiger partial charge in [-0.1, -0.05) is 6.92 Å². The second kappa shape index (κ2) is 5.87. The van der Waals surface area contributed by atoms with Crippen molar-refractivity contribution in [1.29, 1.82) is 0 Å². The van der Waals surface area contributed by atoms with Gasteiger partial charge in [0.1, 0.15) is 0 Å². The molecule has 0 fully saturated rings. The van der Waals surface area contributed by atoms with Crippen LogP contribution >= 0.6 is 27.7 Å². The van der Waals surface area contributed by atoms with Crippen molar-refractivity contribution in [3.63, 3.8) is 0 Å². The Balaban J connectivity index is 2.25. The third-order valence-corrected chi connectivity index (χ3v) is 4.24. The number of hydrazine groups is 1. The summed E-state index contributed by atoms with van der Waals surface area (Å²) in [4.78, 5) is 0. The van der Waals surface area contributed by atoms with Crippen molar-refractivity contribution in [2.45, 2.75) is 25.8 Å². The summed E-state index contributed by atoms with van der Waals surface area (Å²) in [7, 11) is 1.94. The molecular formula is C10H15BrN6S. The molecule has 1 unspecified atom stereocenters. The van der Waals surface area contributed by atoms with E-state index >= 15 is 0 Å². The Morgan fingerprint density at radius 3 is 2.89 bits per heavy atom. The minimum absolute atomic E-state index is 0.0554. The minimum atomic E-state index is -0.0554. The lowest BCUT2D eigenvalue weighted by molar-refractivity contribution is 0.520. The highest BCUT2D eigenvalue weighted by Gasteiger charge is 2.19. The third-order valence-electron chi connectivity index (χ3n) is 2.84. The van der Waals surface area contributed by atoms with Crippen molar-refractivity contribution in [1.82, 2.24) is 24.0 Å². The molecule has 0 saturated carbocycles. The van der Waals surface area contributed by atoms with E-state index in [1.54, 1.807) is 6.20 Å². The second-order valence-electron chi connectivity index (χ2n) is 3.94. The average Bonchev–Trinajstić information content (AvgIpc) is 2.97. The van der Waals surface area contributed by atoms with Gasteiger partial charge in [0.15, 0.2) is 0 Å². The van der Waals surface area contributed by atoms with Crippen LogP contribution in [0.3, 0.4) is 0 Å². The summed E-state index contributed by atoms with van der Waals surface area (Å²) < 4.78 is 11.1. The molecule has 0 amide bonds. The Morgan fingerprint density at radius 2 is 2.39 bits per heavy atom. The monoisotopic (exact) mass is 330 g/mol. The van der Waals surface area contributed by atoms with Gasteiger partial charge in [-0.3, -0.25) is 16.0 Å². The van der Waals surface area contributed by atoms with E-state index in [2.05, 4.69) is 42.1 Å². The number of nitrogens with two attached hydrogens (primary N) is 1. The molecular weight excluding hydrogens is 316 g/mol. The van der Waals surface area contributed by atoms with Gasteiger partial charge in [-0.15, -0.1) is 0 Å². The Kier molecular flexibility index (Phi) is 4.44. The van der Waals surface area contributed by atoms with E-state index in [-0.39, 0.29) is 6.04 Å². The first-order valence-electron chi connectivity index (χ1n) is 5.61. The summed E-state index contributed by atoms with van der Waals surface area (Å²) in [6.45, 7) is 2.08. The molecule has 3 N–H and O–H groups in total. The van der Waals surface area contributed by atoms with Crippen LogP contribution in [0.1, 0.15) is 30.0 Å². The van der Waals surface area contributed by atoms with E-state index in [4.69, 9.17) is 5.84 Å². The highest BCUT2D eigenvalue weighted by Crippen LogP contribution is 2.25. The molecule has 2 aromatic heterocycles. The summed E-state index contributed by atoms with van der Waals surface area (Å²) in [5, 5.41) is 4.47. The highest BCUT2D eigenvalue weighted by atomic mass is 79.9. The predicted molar refractivity (Wildman–Crippen MR) is 74.0 cm³/mol. The molecule has 0 aliphatic rings. The lowest BCUT2D eigenvalue weighted by Gasteiger charge is -2.13. The molecule has 18 heavy (non-hydrogen) atoms. The lowest BCUT2D eigenvalue weighted by Crippen LogP contribution is -2.30. The molecule has 0 aromatic carbocycles. The van der Waals surface area contributed by atoms with Crippen molar-refractivity contribution in [2.75, 3.05) is 0 Å². The van der Waals surface area contributed by atoms with Crippen LogP contribution in [-0.2, 0) is 19.9 Å². The Labute approximate surface area is 118 Å². The van der Waals surface area contributed by atoms with Crippen LogP contribution in [0.15, 0.2) is 10.7 Å². The first kappa shape index (κ1) is 13.6. The lowest BCUT2D eigenvalue weighted by atomic mass is 10.1. The fraction of sp³-hybridized carbons (Fsp3) is 0.500. The fourth-order valence-electron chi connectivity index (χ4n) is 1.81. The van der Waals surface area contributed by atoms with E-state index in [0.717, 1.165) is 28.0 Å². The standard InChI is InChI=1S/C10H15BrN6S/c1-3-6-10(11)9(17(2)15-6)4-7(14-12)8-5-13-18-16-8/h5,7,14H,3-4,12H2,1-2H3. The van der Waals surface area contributed by atoms with Crippen LogP contribution in [0, 0.1) is 0 Å². The van der Waals surface area contributed by atoms with Crippen molar-refractivity contribution in [3.8, 4) is 0 Å². The average molecular weight is 331 g/mol. The molecule has 0 aliphatic heterocycles. The van der Waals surface area contributed by atoms with Crippen LogP contribution in [0.25, 0.3) is 0 Å². The van der Waals surface area contributed by atoms with E-state index in [1.165, 1.54) is 11.7 Å². The van der Waals surface area contributed by atoms with Gasteiger partial charge in [0.2, 0.25) is 0 Å². The zero-order valence-electron chi connectivity index (χ0n) is 10.2. The van der Waals surface area contributed by atoms with E-state index < -0.39 is 0 Å².